The fourth-order valence-electron chi connectivity index (χ4n) is 3.23. The third-order valence-electron chi connectivity index (χ3n) is 5.02. The van der Waals surface area contributed by atoms with Crippen LogP contribution in [0.4, 0.5) is 16.2 Å². The van der Waals surface area contributed by atoms with Crippen molar-refractivity contribution in [1.29, 1.82) is 0 Å². The second kappa shape index (κ2) is 9.24. The van der Waals surface area contributed by atoms with Gasteiger partial charge in [0.25, 0.3) is 5.91 Å². The van der Waals surface area contributed by atoms with E-state index >= 15 is 0 Å². The van der Waals surface area contributed by atoms with Gasteiger partial charge in [-0.1, -0.05) is 41.9 Å². The number of anilines is 2. The first kappa shape index (κ1) is 21.0. The van der Waals surface area contributed by atoms with Crippen molar-refractivity contribution in [2.24, 2.45) is 0 Å². The van der Waals surface area contributed by atoms with Crippen LogP contribution >= 0.6 is 11.6 Å². The fourth-order valence-corrected chi connectivity index (χ4v) is 3.46. The van der Waals surface area contributed by atoms with Gasteiger partial charge in [0.15, 0.2) is 5.76 Å². The van der Waals surface area contributed by atoms with E-state index < -0.39 is 12.0 Å². The molecule has 1 aliphatic rings. The summed E-state index contributed by atoms with van der Waals surface area (Å²) in [6.07, 6.45) is 2.46. The summed E-state index contributed by atoms with van der Waals surface area (Å²) in [5.41, 5.74) is 1.66. The van der Waals surface area contributed by atoms with E-state index in [1.807, 2.05) is 30.3 Å². The Morgan fingerprint density at radius 3 is 2.52 bits per heavy atom. The molecule has 3 amide bonds. The van der Waals surface area contributed by atoms with Crippen LogP contribution in [0.3, 0.4) is 0 Å². The second-order valence-electron chi connectivity index (χ2n) is 7.37. The Morgan fingerprint density at radius 1 is 1.10 bits per heavy atom. The number of nitrogens with one attached hydrogen (secondary N) is 2. The van der Waals surface area contributed by atoms with Crippen LogP contribution < -0.4 is 10.6 Å². The van der Waals surface area contributed by atoms with Crippen molar-refractivity contribution >= 4 is 34.9 Å². The van der Waals surface area contributed by atoms with Gasteiger partial charge in [0.2, 0.25) is 0 Å². The van der Waals surface area contributed by atoms with Gasteiger partial charge in [-0.3, -0.25) is 4.79 Å². The maximum Gasteiger partial charge on any atom is 0.322 e. The number of carbonyl (C=O) groups is 2. The van der Waals surface area contributed by atoms with E-state index in [2.05, 4.69) is 10.6 Å². The highest BCUT2D eigenvalue weighted by Gasteiger charge is 2.34. The normalized spacial score (nSPS) is 14.0. The monoisotopic (exact) mass is 439 g/mol. The van der Waals surface area contributed by atoms with Crippen molar-refractivity contribution in [3.05, 3.63) is 83.3 Å². The molecule has 160 valence electrons. The maximum absolute atomic E-state index is 12.9. The van der Waals surface area contributed by atoms with Crippen LogP contribution in [0.25, 0.3) is 0 Å². The molecule has 1 fully saturated rings. The van der Waals surface area contributed by atoms with Gasteiger partial charge in [-0.05, 0) is 48.7 Å². The largest absolute Gasteiger partial charge is 0.459 e. The number of rotatable bonds is 7. The highest BCUT2D eigenvalue weighted by atomic mass is 35.5. The van der Waals surface area contributed by atoms with Gasteiger partial charge in [-0.25, -0.2) is 4.79 Å². The average molecular weight is 440 g/mol. The van der Waals surface area contributed by atoms with Crippen LogP contribution in [-0.2, 0) is 0 Å². The summed E-state index contributed by atoms with van der Waals surface area (Å²) < 4.78 is 5.06. The standard InChI is InChI=1S/C23H22ClN3O4/c24-18-13-16(8-11-19(18)26-22(29)21-7-4-12-31-21)25-23(30)27(17-9-10-17)14-20(28)15-5-2-1-3-6-15/h1-8,11-13,17,20,28H,9-10,14H2,(H,25,30)(H,26,29)/t20-/m1/s1. The summed E-state index contributed by atoms with van der Waals surface area (Å²) in [7, 11) is 0. The molecule has 1 aromatic heterocycles. The minimum atomic E-state index is -0.768. The van der Waals surface area contributed by atoms with Crippen LogP contribution in [0.5, 0.6) is 0 Å². The molecule has 3 N–H and O–H groups in total. The van der Waals surface area contributed by atoms with E-state index in [1.54, 1.807) is 35.2 Å². The van der Waals surface area contributed by atoms with Gasteiger partial charge in [0.05, 0.1) is 29.6 Å². The molecular weight excluding hydrogens is 418 g/mol. The van der Waals surface area contributed by atoms with Crippen LogP contribution in [0.2, 0.25) is 5.02 Å². The molecule has 1 aliphatic carbocycles. The summed E-state index contributed by atoms with van der Waals surface area (Å²) in [5.74, 6) is -0.246. The Labute approximate surface area is 184 Å². The van der Waals surface area contributed by atoms with Crippen LogP contribution in [0, 0.1) is 0 Å². The lowest BCUT2D eigenvalue weighted by Crippen LogP contribution is -2.39. The summed E-state index contributed by atoms with van der Waals surface area (Å²) in [6, 6.07) is 17.1. The quantitative estimate of drug-likeness (QED) is 0.487. The van der Waals surface area contributed by atoms with Crippen LogP contribution in [0.1, 0.15) is 35.1 Å². The number of furan rings is 1. The Kier molecular flexibility index (Phi) is 6.25. The lowest BCUT2D eigenvalue weighted by Gasteiger charge is -2.26. The molecule has 7 nitrogen and oxygen atoms in total. The summed E-state index contributed by atoms with van der Waals surface area (Å²) in [5, 5.41) is 16.3. The van der Waals surface area contributed by atoms with Crippen molar-refractivity contribution in [2.45, 2.75) is 25.0 Å². The molecule has 1 saturated carbocycles. The number of halogens is 1. The lowest BCUT2D eigenvalue weighted by molar-refractivity contribution is 0.0996. The van der Waals surface area contributed by atoms with Gasteiger partial charge in [-0.15, -0.1) is 0 Å². The fraction of sp³-hybridized carbons (Fsp3) is 0.217. The molecule has 31 heavy (non-hydrogen) atoms. The third-order valence-corrected chi connectivity index (χ3v) is 5.33. The molecule has 0 saturated heterocycles. The van der Waals surface area contributed by atoms with Gasteiger partial charge < -0.3 is 25.1 Å². The predicted octanol–water partition coefficient (Wildman–Crippen LogP) is 4.92. The average Bonchev–Trinajstić information content (AvgIpc) is 3.46. The molecule has 0 aliphatic heterocycles. The number of benzene rings is 2. The lowest BCUT2D eigenvalue weighted by atomic mass is 10.1. The zero-order valence-corrected chi connectivity index (χ0v) is 17.4. The number of aliphatic hydroxyl groups excluding tert-OH is 1. The summed E-state index contributed by atoms with van der Waals surface area (Å²) in [6.45, 7) is 0.200. The number of hydrogen-bond donors (Lipinski definition) is 3. The Balaban J connectivity index is 1.40. The first-order valence-electron chi connectivity index (χ1n) is 9.96. The zero-order valence-electron chi connectivity index (χ0n) is 16.6. The molecule has 3 aromatic rings. The number of aliphatic hydroxyl groups is 1. The third kappa shape index (κ3) is 5.25. The minimum Gasteiger partial charge on any atom is -0.459 e. The van der Waals surface area contributed by atoms with E-state index in [0.717, 1.165) is 18.4 Å². The number of amides is 3. The second-order valence-corrected chi connectivity index (χ2v) is 7.77. The van der Waals surface area contributed by atoms with Crippen molar-refractivity contribution in [3.63, 3.8) is 0 Å². The molecule has 4 rings (SSSR count). The summed E-state index contributed by atoms with van der Waals surface area (Å²) in [4.78, 5) is 26.6. The number of hydrogen-bond acceptors (Lipinski definition) is 4. The van der Waals surface area contributed by atoms with E-state index in [1.165, 1.54) is 6.26 Å². The van der Waals surface area contributed by atoms with Gasteiger partial charge in [0.1, 0.15) is 0 Å². The topological polar surface area (TPSA) is 94.8 Å². The number of carbonyl (C=O) groups excluding carboxylic acids is 2. The summed E-state index contributed by atoms with van der Waals surface area (Å²) >= 11 is 6.29. The van der Waals surface area contributed by atoms with Gasteiger partial charge in [0, 0.05) is 11.7 Å². The Morgan fingerprint density at radius 2 is 1.87 bits per heavy atom. The molecule has 0 unspecified atom stereocenters. The smallest absolute Gasteiger partial charge is 0.322 e. The van der Waals surface area contributed by atoms with Gasteiger partial charge >= 0.3 is 6.03 Å². The van der Waals surface area contributed by atoms with Crippen molar-refractivity contribution in [3.8, 4) is 0 Å². The Bertz CT molecular complexity index is 1050. The first-order valence-corrected chi connectivity index (χ1v) is 10.3. The highest BCUT2D eigenvalue weighted by molar-refractivity contribution is 6.34. The van der Waals surface area contributed by atoms with E-state index in [0.29, 0.717) is 11.4 Å². The van der Waals surface area contributed by atoms with Crippen molar-refractivity contribution in [2.75, 3.05) is 17.2 Å². The van der Waals surface area contributed by atoms with E-state index in [9.17, 15) is 14.7 Å². The van der Waals surface area contributed by atoms with Crippen LogP contribution in [0.15, 0.2) is 71.3 Å². The molecule has 2 aromatic carbocycles. The highest BCUT2D eigenvalue weighted by Crippen LogP contribution is 2.31. The van der Waals surface area contributed by atoms with Crippen molar-refractivity contribution < 1.29 is 19.1 Å². The zero-order chi connectivity index (χ0) is 21.8. The van der Waals surface area contributed by atoms with Crippen LogP contribution in [-0.4, -0.2) is 34.5 Å². The predicted molar refractivity (Wildman–Crippen MR) is 118 cm³/mol. The van der Waals surface area contributed by atoms with E-state index in [-0.39, 0.29) is 29.4 Å². The molecule has 8 heteroatoms. The minimum absolute atomic E-state index is 0.112. The Hall–Kier alpha value is -3.29. The first-order chi connectivity index (χ1) is 15.0. The molecule has 0 radical (unpaired) electrons. The SMILES string of the molecule is O=C(Nc1ccc(NC(=O)N(C[C@@H](O)c2ccccc2)C2CC2)cc1Cl)c1ccco1. The molecule has 0 spiro atoms. The van der Waals surface area contributed by atoms with Crippen molar-refractivity contribution in [1.82, 2.24) is 4.90 Å². The van der Waals surface area contributed by atoms with E-state index in [4.69, 9.17) is 16.0 Å². The number of urea groups is 1. The molecule has 1 atom stereocenters. The molecule has 0 bridgehead atoms. The molecule has 1 heterocycles. The van der Waals surface area contributed by atoms with Gasteiger partial charge in [-0.2, -0.15) is 0 Å². The molecular formula is C23H22ClN3O4. The maximum atomic E-state index is 12.9. The number of nitrogens with zero attached hydrogens (tertiary/aromatic N) is 1.